The summed E-state index contributed by atoms with van der Waals surface area (Å²) in [6.07, 6.45) is 6.28. The van der Waals surface area contributed by atoms with Gasteiger partial charge in [-0.2, -0.15) is 0 Å². The monoisotopic (exact) mass is 625 g/mol. The van der Waals surface area contributed by atoms with Crippen LogP contribution in [0.2, 0.25) is 0 Å². The van der Waals surface area contributed by atoms with E-state index in [1.807, 2.05) is 48.5 Å². The molecule has 0 spiro atoms. The molecule has 190 valence electrons. The van der Waals surface area contributed by atoms with Crippen molar-refractivity contribution in [3.8, 4) is 45.3 Å². The van der Waals surface area contributed by atoms with E-state index in [0.717, 1.165) is 37.6 Å². The van der Waals surface area contributed by atoms with Gasteiger partial charge in [-0.3, -0.25) is 0 Å². The van der Waals surface area contributed by atoms with E-state index >= 15 is 0 Å². The number of unbranched alkanes of at least 4 members (excludes halogenated alkanes) is 3. The second kappa shape index (κ2) is 12.6. The van der Waals surface area contributed by atoms with Gasteiger partial charge in [-0.1, -0.05) is 125 Å². The van der Waals surface area contributed by atoms with Crippen LogP contribution in [0, 0.1) is 0 Å². The van der Waals surface area contributed by atoms with Crippen molar-refractivity contribution in [1.29, 1.82) is 0 Å². The summed E-state index contributed by atoms with van der Waals surface area (Å²) < 4.78 is 1.97. The van der Waals surface area contributed by atoms with E-state index in [2.05, 4.69) is 87.3 Å². The zero-order chi connectivity index (χ0) is 26.3. The van der Waals surface area contributed by atoms with Gasteiger partial charge in [0.25, 0.3) is 0 Å². The van der Waals surface area contributed by atoms with E-state index in [4.69, 9.17) is 15.0 Å². The van der Waals surface area contributed by atoms with E-state index in [9.17, 15) is 0 Å². The molecule has 38 heavy (non-hydrogen) atoms. The van der Waals surface area contributed by atoms with Crippen molar-refractivity contribution < 1.29 is 0 Å². The molecule has 0 unspecified atom stereocenters. The zero-order valence-corrected chi connectivity index (χ0v) is 24.5. The van der Waals surface area contributed by atoms with Crippen LogP contribution in [-0.2, 0) is 6.42 Å². The smallest absolute Gasteiger partial charge is 0.164 e. The molecule has 1 aromatic heterocycles. The van der Waals surface area contributed by atoms with Crippen LogP contribution >= 0.6 is 31.9 Å². The van der Waals surface area contributed by atoms with Gasteiger partial charge in [0.1, 0.15) is 0 Å². The summed E-state index contributed by atoms with van der Waals surface area (Å²) in [6, 6.07) is 33.5. The Morgan fingerprint density at radius 2 is 1.00 bits per heavy atom. The van der Waals surface area contributed by atoms with E-state index in [0.29, 0.717) is 17.5 Å². The van der Waals surface area contributed by atoms with Crippen LogP contribution in [0.1, 0.15) is 38.2 Å². The van der Waals surface area contributed by atoms with Gasteiger partial charge in [0.05, 0.1) is 0 Å². The second-order valence-corrected chi connectivity index (χ2v) is 11.2. The van der Waals surface area contributed by atoms with Crippen molar-refractivity contribution in [2.75, 3.05) is 0 Å². The van der Waals surface area contributed by atoms with Gasteiger partial charge >= 0.3 is 0 Å². The van der Waals surface area contributed by atoms with Gasteiger partial charge in [0, 0.05) is 25.6 Å². The fourth-order valence-corrected chi connectivity index (χ4v) is 5.27. The molecule has 0 N–H and O–H groups in total. The van der Waals surface area contributed by atoms with Crippen molar-refractivity contribution in [1.82, 2.24) is 15.0 Å². The minimum Gasteiger partial charge on any atom is -0.208 e. The molecule has 0 aliphatic rings. The van der Waals surface area contributed by atoms with Gasteiger partial charge < -0.3 is 0 Å². The molecule has 5 rings (SSSR count). The number of hydrogen-bond donors (Lipinski definition) is 0. The van der Waals surface area contributed by atoms with Crippen LogP contribution in [0.3, 0.4) is 0 Å². The number of rotatable bonds is 9. The quantitative estimate of drug-likeness (QED) is 0.153. The normalized spacial score (nSPS) is 11.0. The second-order valence-electron chi connectivity index (χ2n) is 9.42. The highest BCUT2D eigenvalue weighted by molar-refractivity contribution is 9.10. The van der Waals surface area contributed by atoms with Crippen LogP contribution in [0.15, 0.2) is 106 Å². The third kappa shape index (κ3) is 6.64. The van der Waals surface area contributed by atoms with Gasteiger partial charge in [0.15, 0.2) is 17.5 Å². The Morgan fingerprint density at radius 1 is 0.500 bits per heavy atom. The molecule has 3 nitrogen and oxygen atoms in total. The molecule has 5 aromatic rings. The molecular weight excluding hydrogens is 598 g/mol. The minimum atomic E-state index is 0.643. The van der Waals surface area contributed by atoms with Crippen LogP contribution in [0.5, 0.6) is 0 Å². The Kier molecular flexibility index (Phi) is 8.77. The lowest BCUT2D eigenvalue weighted by atomic mass is 9.99. The average molecular weight is 627 g/mol. The molecule has 0 saturated carbocycles. The first-order chi connectivity index (χ1) is 18.6. The molecule has 0 atom stereocenters. The largest absolute Gasteiger partial charge is 0.208 e. The van der Waals surface area contributed by atoms with E-state index < -0.39 is 0 Å². The molecule has 4 aromatic carbocycles. The summed E-state index contributed by atoms with van der Waals surface area (Å²) in [5, 5.41) is 0. The standard InChI is InChI=1S/C33H29Br2N3/c1-2-3-4-5-9-23-16-18-24(19-17-23)25-10-6-11-26(20-25)31-36-32(27-12-7-14-29(34)21-27)38-33(37-31)28-13-8-15-30(35)22-28/h6-8,10-22H,2-5,9H2,1H3. The van der Waals surface area contributed by atoms with Crippen molar-refractivity contribution in [2.24, 2.45) is 0 Å². The van der Waals surface area contributed by atoms with Crippen molar-refractivity contribution in [3.63, 3.8) is 0 Å². The first-order valence-corrected chi connectivity index (χ1v) is 14.7. The Labute approximate surface area is 241 Å². The highest BCUT2D eigenvalue weighted by atomic mass is 79.9. The van der Waals surface area contributed by atoms with Crippen LogP contribution < -0.4 is 0 Å². The Hall–Kier alpha value is -3.15. The number of aromatic nitrogens is 3. The average Bonchev–Trinajstić information content (AvgIpc) is 2.95. The molecule has 0 saturated heterocycles. The number of nitrogens with zero attached hydrogens (tertiary/aromatic N) is 3. The lowest BCUT2D eigenvalue weighted by Gasteiger charge is -2.10. The van der Waals surface area contributed by atoms with Crippen molar-refractivity contribution in [2.45, 2.75) is 39.0 Å². The maximum atomic E-state index is 4.91. The number of halogens is 2. The van der Waals surface area contributed by atoms with Crippen molar-refractivity contribution >= 4 is 31.9 Å². The van der Waals surface area contributed by atoms with Gasteiger partial charge in [-0.15, -0.1) is 0 Å². The highest BCUT2D eigenvalue weighted by Crippen LogP contribution is 2.30. The predicted octanol–water partition coefficient (Wildman–Crippen LogP) is 10.2. The third-order valence-electron chi connectivity index (χ3n) is 6.53. The van der Waals surface area contributed by atoms with Crippen molar-refractivity contribution in [3.05, 3.63) is 112 Å². The van der Waals surface area contributed by atoms with E-state index in [1.54, 1.807) is 0 Å². The predicted molar refractivity (Wildman–Crippen MR) is 165 cm³/mol. The van der Waals surface area contributed by atoms with Gasteiger partial charge in [-0.05, 0) is 59.9 Å². The first kappa shape index (κ1) is 26.5. The van der Waals surface area contributed by atoms with Crippen LogP contribution in [-0.4, -0.2) is 15.0 Å². The lowest BCUT2D eigenvalue weighted by molar-refractivity contribution is 0.667. The summed E-state index contributed by atoms with van der Waals surface area (Å²) in [7, 11) is 0. The maximum absolute atomic E-state index is 4.91. The Morgan fingerprint density at radius 3 is 1.53 bits per heavy atom. The number of hydrogen-bond acceptors (Lipinski definition) is 3. The number of benzene rings is 4. The first-order valence-electron chi connectivity index (χ1n) is 13.1. The zero-order valence-electron chi connectivity index (χ0n) is 21.4. The molecule has 1 heterocycles. The topological polar surface area (TPSA) is 38.7 Å². The molecule has 0 fully saturated rings. The Bertz CT molecular complexity index is 1470. The SMILES string of the molecule is CCCCCCc1ccc(-c2cccc(-c3nc(-c4cccc(Br)c4)nc(-c4cccc(Br)c4)n3)c2)cc1. The van der Waals surface area contributed by atoms with Gasteiger partial charge in [-0.25, -0.2) is 15.0 Å². The van der Waals surface area contributed by atoms with Gasteiger partial charge in [0.2, 0.25) is 0 Å². The van der Waals surface area contributed by atoms with Crippen LogP contribution in [0.4, 0.5) is 0 Å². The lowest BCUT2D eigenvalue weighted by Crippen LogP contribution is -2.00. The molecular formula is C33H29Br2N3. The summed E-state index contributed by atoms with van der Waals surface area (Å²) in [5.74, 6) is 1.94. The molecule has 0 aliphatic carbocycles. The molecule has 0 aliphatic heterocycles. The summed E-state index contributed by atoms with van der Waals surface area (Å²) in [4.78, 5) is 14.7. The van der Waals surface area contributed by atoms with E-state index in [1.165, 1.54) is 36.8 Å². The highest BCUT2D eigenvalue weighted by Gasteiger charge is 2.13. The summed E-state index contributed by atoms with van der Waals surface area (Å²) in [6.45, 7) is 2.25. The summed E-state index contributed by atoms with van der Waals surface area (Å²) >= 11 is 7.16. The van der Waals surface area contributed by atoms with Crippen LogP contribution in [0.25, 0.3) is 45.3 Å². The Balaban J connectivity index is 1.50. The molecule has 0 bridgehead atoms. The maximum Gasteiger partial charge on any atom is 0.164 e. The molecule has 0 amide bonds. The minimum absolute atomic E-state index is 0.643. The molecule has 5 heteroatoms. The number of aryl methyl sites for hydroxylation is 1. The summed E-state index contributed by atoms with van der Waals surface area (Å²) in [5.41, 5.74) is 6.57. The van der Waals surface area contributed by atoms with E-state index in [-0.39, 0.29) is 0 Å². The fraction of sp³-hybridized carbons (Fsp3) is 0.182. The third-order valence-corrected chi connectivity index (χ3v) is 7.51. The fourth-order valence-electron chi connectivity index (χ4n) is 4.48. The molecule has 0 radical (unpaired) electrons.